The van der Waals surface area contributed by atoms with Gasteiger partial charge in [0.05, 0.1) is 33.4 Å². The van der Waals surface area contributed by atoms with Crippen molar-refractivity contribution in [2.24, 2.45) is 0 Å². The molecular formula is C63H91Cl2N13O6S4. The van der Waals surface area contributed by atoms with E-state index in [1.54, 1.807) is 78.5 Å². The fourth-order valence-corrected chi connectivity index (χ4v) is 9.38. The number of ether oxygens (including phenoxy) is 1. The molecule has 482 valence electrons. The molecule has 0 bridgehead atoms. The van der Waals surface area contributed by atoms with Crippen LogP contribution in [0.4, 0.5) is 16.2 Å². The third kappa shape index (κ3) is 28.6. The van der Waals surface area contributed by atoms with Crippen molar-refractivity contribution < 1.29 is 29.6 Å². The molecule has 0 aliphatic heterocycles. The normalized spacial score (nSPS) is 9.52. The number of rotatable bonds is 9. The Bertz CT molecular complexity index is 3380. The molecule has 9 rings (SSSR count). The number of halogens is 2. The number of aromatic hydroxyl groups is 2. The fourth-order valence-electron chi connectivity index (χ4n) is 6.56. The molecule has 5 aromatic carbocycles. The molecule has 0 atom stereocenters. The molecule has 25 heteroatoms. The number of phenols is 2. The van der Waals surface area contributed by atoms with Crippen LogP contribution in [0.3, 0.4) is 0 Å². The van der Waals surface area contributed by atoms with E-state index >= 15 is 0 Å². The van der Waals surface area contributed by atoms with Crippen molar-refractivity contribution in [1.82, 2.24) is 54.6 Å². The number of fused-ring (bicyclic) bond motifs is 4. The number of benzene rings is 5. The highest BCUT2D eigenvalue weighted by Gasteiger charge is 2.16. The number of phenolic OH excluding ortho intramolecular Hbond substituents is 2. The van der Waals surface area contributed by atoms with Gasteiger partial charge in [-0.15, -0.1) is 0 Å². The average molecular weight is 1330 g/mol. The van der Waals surface area contributed by atoms with Gasteiger partial charge in [0.15, 0.2) is 10.2 Å². The Morgan fingerprint density at radius 3 is 1.30 bits per heavy atom. The van der Waals surface area contributed by atoms with Gasteiger partial charge >= 0.3 is 0 Å². The second-order valence-corrected chi connectivity index (χ2v) is 20.3. The largest absolute Gasteiger partial charge is 0.506 e. The molecule has 0 aliphatic rings. The molecule has 0 aliphatic carbocycles. The Morgan fingerprint density at radius 2 is 0.875 bits per heavy atom. The van der Waals surface area contributed by atoms with Crippen LogP contribution in [0, 0.1) is 0 Å². The number of anilines is 2. The molecule has 9 aromatic rings. The van der Waals surface area contributed by atoms with Gasteiger partial charge in [-0.1, -0.05) is 111 Å². The second-order valence-electron chi connectivity index (χ2n) is 15.5. The molecule has 0 unspecified atom stereocenters. The maximum atomic E-state index is 12.1. The van der Waals surface area contributed by atoms with E-state index in [1.807, 2.05) is 163 Å². The van der Waals surface area contributed by atoms with E-state index in [1.165, 1.54) is 36.3 Å². The van der Waals surface area contributed by atoms with Gasteiger partial charge in [0.1, 0.15) is 38.5 Å². The van der Waals surface area contributed by atoms with Gasteiger partial charge in [0.2, 0.25) is 0 Å². The third-order valence-corrected chi connectivity index (χ3v) is 13.9. The Kier molecular flexibility index (Phi) is 45.6. The van der Waals surface area contributed by atoms with Crippen LogP contribution >= 0.6 is 58.5 Å². The van der Waals surface area contributed by atoms with E-state index in [0.717, 1.165) is 66.2 Å². The van der Waals surface area contributed by atoms with Gasteiger partial charge in [-0.3, -0.25) is 34.7 Å². The van der Waals surface area contributed by atoms with Crippen LogP contribution in [-0.2, 0) is 9.05 Å². The number of para-hydroxylation sites is 5. The summed E-state index contributed by atoms with van der Waals surface area (Å²) in [6, 6.07) is 25.9. The van der Waals surface area contributed by atoms with E-state index in [0.29, 0.717) is 43.1 Å². The fraction of sp³-hybridized carbons (Fsp3) is 0.349. The average Bonchev–Trinajstić information content (AvgIpc) is 2.66. The highest BCUT2D eigenvalue weighted by Crippen LogP contribution is 2.28. The zero-order valence-corrected chi connectivity index (χ0v) is 58.3. The van der Waals surface area contributed by atoms with Crippen molar-refractivity contribution in [3.8, 4) is 17.2 Å². The predicted molar refractivity (Wildman–Crippen MR) is 380 cm³/mol. The van der Waals surface area contributed by atoms with Crippen LogP contribution in [0.5, 0.6) is 17.2 Å². The molecule has 0 saturated carbocycles. The minimum atomic E-state index is -3.76. The maximum absolute atomic E-state index is 12.1. The summed E-state index contributed by atoms with van der Waals surface area (Å²) in [5.74, 6) is 0.864. The van der Waals surface area contributed by atoms with Gasteiger partial charge < -0.3 is 41.1 Å². The van der Waals surface area contributed by atoms with E-state index in [-0.39, 0.29) is 28.7 Å². The lowest BCUT2D eigenvalue weighted by molar-refractivity contribution is 0.228. The Morgan fingerprint density at radius 1 is 0.511 bits per heavy atom. The lowest BCUT2D eigenvalue weighted by Gasteiger charge is -2.21. The molecule has 0 spiro atoms. The highest BCUT2D eigenvalue weighted by molar-refractivity contribution is 8.14. The van der Waals surface area contributed by atoms with Crippen molar-refractivity contribution in [3.63, 3.8) is 0 Å². The number of nitrogens with two attached hydrogens (primary N) is 2. The quantitative estimate of drug-likeness (QED) is 0.0261. The molecule has 88 heavy (non-hydrogen) atoms. The third-order valence-electron chi connectivity index (χ3n) is 10.7. The van der Waals surface area contributed by atoms with Crippen LogP contribution in [0.25, 0.3) is 44.1 Å². The van der Waals surface area contributed by atoms with Crippen molar-refractivity contribution in [1.29, 1.82) is 0 Å². The van der Waals surface area contributed by atoms with E-state index in [4.69, 9.17) is 68.0 Å². The monoisotopic (exact) mass is 1320 g/mol. The number of carbonyl (C=O) groups excluding carboxylic acids is 1. The topological polar surface area (TPSA) is 266 Å². The molecule has 4 aromatic heterocycles. The van der Waals surface area contributed by atoms with Crippen molar-refractivity contribution in [2.75, 3.05) is 50.7 Å². The van der Waals surface area contributed by atoms with Crippen molar-refractivity contribution in [2.45, 2.75) is 121 Å². The zero-order valence-electron chi connectivity index (χ0n) is 53.5. The summed E-state index contributed by atoms with van der Waals surface area (Å²) in [7, 11) is 1.48. The standard InChI is InChI=1S/2C13H15N3OS.C8H5ClN2O2S.C8H6N2O.C6H8N2O.C5H10ClNS.5C2H6.H2/c1-3-16(4-2)13(17)18-11-7-5-6-10-12(11)15-9-8-14-10;1-3-16(4-2)13(18)17-11-7-5-6-10-12(11)15-9-8-14-10;9-14(12,13)7-3-1-2-6-8(7)11-5-4-10-6;11-7-3-1-2-6-8(7)10-5-4-9-6;7-4-2-1-3-5(9)6(4)8;1-3-7(4-2)5(6)8;5*1-2;/h2*5-9H,3-4H2,1-2H3;1-5H;1-5,11H;1-3,9H,7-8H2;3-4H2,1-2H3;5*1-2H3;1H/i;;;;;;;;;;;1+1. The molecule has 0 saturated heterocycles. The zero-order chi connectivity index (χ0) is 67.2. The Labute approximate surface area is 547 Å². The van der Waals surface area contributed by atoms with Crippen molar-refractivity contribution in [3.05, 3.63) is 141 Å². The lowest BCUT2D eigenvalue weighted by atomic mass is 10.2. The number of thiocarbonyl (C=S) groups is 2. The minimum absolute atomic E-state index is 0. The van der Waals surface area contributed by atoms with Gasteiger partial charge in [-0.05, 0) is 138 Å². The summed E-state index contributed by atoms with van der Waals surface area (Å²) in [4.78, 5) is 51.5. The van der Waals surface area contributed by atoms with Crippen LogP contribution in [0.1, 0.15) is 112 Å². The summed E-state index contributed by atoms with van der Waals surface area (Å²) in [5, 5.41) is 18.7. The number of nitrogen functional groups attached to an aromatic ring is 2. The summed E-state index contributed by atoms with van der Waals surface area (Å²) >= 11 is 16.7. The number of carbonyl (C=O) groups is 1. The molecule has 4 heterocycles. The summed E-state index contributed by atoms with van der Waals surface area (Å²) in [6.45, 7) is 37.0. The first kappa shape index (κ1) is 82.7. The first-order valence-electron chi connectivity index (χ1n) is 29.1. The first-order chi connectivity index (χ1) is 42.4. The number of amides is 1. The van der Waals surface area contributed by atoms with Gasteiger partial charge in [-0.2, -0.15) is 0 Å². The maximum Gasteiger partial charge on any atom is 0.286 e. The van der Waals surface area contributed by atoms with Gasteiger partial charge in [0.25, 0.3) is 19.5 Å². The molecule has 1 amide bonds. The molecule has 19 nitrogen and oxygen atoms in total. The number of nitrogens with zero attached hydrogens (tertiary/aromatic N) is 11. The summed E-state index contributed by atoms with van der Waals surface area (Å²) < 4.78 is 28.5. The first-order valence-corrected chi connectivity index (χ1v) is 33.4. The van der Waals surface area contributed by atoms with Crippen molar-refractivity contribution >= 4 is 138 Å². The highest BCUT2D eigenvalue weighted by atomic mass is 35.7. The van der Waals surface area contributed by atoms with E-state index in [2.05, 4.69) is 39.9 Å². The molecule has 0 fully saturated rings. The molecular weight excluding hydrogens is 1230 g/mol. The molecule has 0 radical (unpaired) electrons. The number of aromatic nitrogens is 8. The molecule has 6 N–H and O–H groups in total. The van der Waals surface area contributed by atoms with Crippen LogP contribution in [0.15, 0.2) is 150 Å². The van der Waals surface area contributed by atoms with E-state index in [9.17, 15) is 18.3 Å². The van der Waals surface area contributed by atoms with Gasteiger partial charge in [-0.25, -0.2) is 18.4 Å². The van der Waals surface area contributed by atoms with E-state index < -0.39 is 9.05 Å². The second kappa shape index (κ2) is 48.6. The van der Waals surface area contributed by atoms with Crippen LogP contribution in [0.2, 0.25) is 0 Å². The van der Waals surface area contributed by atoms with Crippen LogP contribution in [-0.4, -0.2) is 127 Å². The number of hydrogen-bond donors (Lipinski definition) is 4. The summed E-state index contributed by atoms with van der Waals surface area (Å²) in [6.07, 6.45) is 12.7. The number of hydrogen-bond acceptors (Lipinski definition) is 19. The van der Waals surface area contributed by atoms with Gasteiger partial charge in [0, 0.05) is 106 Å². The smallest absolute Gasteiger partial charge is 0.286 e. The lowest BCUT2D eigenvalue weighted by Crippen LogP contribution is -2.32. The number of thioether (sulfide) groups is 1. The Balaban J connectivity index is -0.000000985. The minimum Gasteiger partial charge on any atom is -0.506 e. The summed E-state index contributed by atoms with van der Waals surface area (Å²) in [5.41, 5.74) is 16.5. The predicted octanol–water partition coefficient (Wildman–Crippen LogP) is 16.5. The van der Waals surface area contributed by atoms with Crippen LogP contribution < -0.4 is 16.2 Å². The Hall–Kier alpha value is -7.41. The SMILES string of the molecule is CC.CC.CC.CC.CC.CCN(CC)C(=O)Sc1cccc2nccnc12.CCN(CC)C(=S)Cl.CCN(CC)C(=S)Oc1cccc2nccnc12.Nc1cccc(O)c1N.O=S(=O)(Cl)c1cccc2nccnc12.Oc1cccc2nccnc12.[2HH].